The van der Waals surface area contributed by atoms with Gasteiger partial charge >= 0.3 is 0 Å². The van der Waals surface area contributed by atoms with Crippen molar-refractivity contribution in [2.45, 2.75) is 30.6 Å². The van der Waals surface area contributed by atoms with E-state index in [1.165, 1.54) is 19.2 Å². The van der Waals surface area contributed by atoms with Gasteiger partial charge < -0.3 is 10.1 Å². The van der Waals surface area contributed by atoms with E-state index in [-0.39, 0.29) is 10.8 Å². The van der Waals surface area contributed by atoms with Crippen LogP contribution in [0, 0.1) is 0 Å². The van der Waals surface area contributed by atoms with Crippen molar-refractivity contribution in [2.24, 2.45) is 4.99 Å². The molecule has 2 aromatic rings. The number of nitrogens with zero attached hydrogens (tertiary/aromatic N) is 1. The van der Waals surface area contributed by atoms with E-state index in [1.54, 1.807) is 36.4 Å². The number of amidine groups is 1. The molecular formula is C20H23N3O4S. The molecule has 28 heavy (non-hydrogen) atoms. The van der Waals surface area contributed by atoms with E-state index in [2.05, 4.69) is 15.0 Å². The molecule has 1 aliphatic heterocycles. The number of aliphatic imine (C=N–C) groups is 1. The van der Waals surface area contributed by atoms with E-state index in [1.807, 2.05) is 0 Å². The maximum Gasteiger partial charge on any atom is 0.262 e. The molecule has 2 N–H and O–H groups in total. The van der Waals surface area contributed by atoms with Gasteiger partial charge in [-0.25, -0.2) is 8.42 Å². The van der Waals surface area contributed by atoms with Crippen LogP contribution in [-0.2, 0) is 10.0 Å². The molecule has 2 aromatic carbocycles. The van der Waals surface area contributed by atoms with Crippen molar-refractivity contribution in [3.8, 4) is 5.75 Å². The number of amides is 1. The van der Waals surface area contributed by atoms with Gasteiger partial charge in [0.25, 0.3) is 15.9 Å². The fourth-order valence-corrected chi connectivity index (χ4v) is 4.08. The first-order valence-electron chi connectivity index (χ1n) is 9.10. The zero-order valence-corrected chi connectivity index (χ0v) is 16.5. The second kappa shape index (κ2) is 8.88. The van der Waals surface area contributed by atoms with Gasteiger partial charge in [0.05, 0.1) is 17.6 Å². The van der Waals surface area contributed by atoms with Gasteiger partial charge in [-0.15, -0.1) is 0 Å². The SMILES string of the molecule is COc1ccccc1C(=O)Nc1cccc(S(=O)(=O)NC2=NCCCCC2)c1. The van der Waals surface area contributed by atoms with Crippen LogP contribution in [0.3, 0.4) is 0 Å². The zero-order chi connectivity index (χ0) is 20.0. The van der Waals surface area contributed by atoms with Crippen molar-refractivity contribution in [3.63, 3.8) is 0 Å². The Kier molecular flexibility index (Phi) is 6.30. The van der Waals surface area contributed by atoms with Gasteiger partial charge in [-0.05, 0) is 43.2 Å². The highest BCUT2D eigenvalue weighted by atomic mass is 32.2. The number of benzene rings is 2. The molecule has 1 amide bonds. The highest BCUT2D eigenvalue weighted by Gasteiger charge is 2.18. The maximum atomic E-state index is 12.7. The molecule has 1 heterocycles. The van der Waals surface area contributed by atoms with E-state index in [9.17, 15) is 13.2 Å². The first-order chi connectivity index (χ1) is 13.5. The molecule has 0 aromatic heterocycles. The molecule has 0 aliphatic carbocycles. The Bertz CT molecular complexity index is 986. The van der Waals surface area contributed by atoms with Crippen LogP contribution >= 0.6 is 0 Å². The average molecular weight is 401 g/mol. The lowest BCUT2D eigenvalue weighted by Crippen LogP contribution is -2.30. The molecule has 8 heteroatoms. The molecule has 0 atom stereocenters. The van der Waals surface area contributed by atoms with Crippen molar-refractivity contribution in [1.29, 1.82) is 0 Å². The summed E-state index contributed by atoms with van der Waals surface area (Å²) in [6, 6.07) is 13.0. The topological polar surface area (TPSA) is 96.9 Å². The number of sulfonamides is 1. The number of hydrogen-bond acceptors (Lipinski definition) is 5. The molecule has 0 bridgehead atoms. The van der Waals surface area contributed by atoms with Gasteiger partial charge in [0.2, 0.25) is 0 Å². The quantitative estimate of drug-likeness (QED) is 0.804. The third-order valence-electron chi connectivity index (χ3n) is 4.38. The van der Waals surface area contributed by atoms with Crippen molar-refractivity contribution in [2.75, 3.05) is 19.0 Å². The first-order valence-corrected chi connectivity index (χ1v) is 10.6. The van der Waals surface area contributed by atoms with Crippen LogP contribution in [0.2, 0.25) is 0 Å². The number of hydrogen-bond donors (Lipinski definition) is 2. The second-order valence-corrected chi connectivity index (χ2v) is 8.11. The highest BCUT2D eigenvalue weighted by molar-refractivity contribution is 7.90. The fourth-order valence-electron chi connectivity index (χ4n) is 2.94. The molecule has 0 spiro atoms. The molecule has 7 nitrogen and oxygen atoms in total. The summed E-state index contributed by atoms with van der Waals surface area (Å²) in [5.41, 5.74) is 0.741. The largest absolute Gasteiger partial charge is 0.496 e. The summed E-state index contributed by atoms with van der Waals surface area (Å²) >= 11 is 0. The number of methoxy groups -OCH3 is 1. The van der Waals surface area contributed by atoms with Gasteiger partial charge in [-0.2, -0.15) is 0 Å². The van der Waals surface area contributed by atoms with E-state index < -0.39 is 10.0 Å². The molecule has 0 fully saturated rings. The number of anilines is 1. The van der Waals surface area contributed by atoms with E-state index >= 15 is 0 Å². The predicted octanol–water partition coefficient (Wildman–Crippen LogP) is 3.20. The molecule has 0 saturated heterocycles. The number of carbonyl (C=O) groups excluding carboxylic acids is 1. The number of nitrogens with one attached hydrogen (secondary N) is 2. The summed E-state index contributed by atoms with van der Waals surface area (Å²) in [5, 5.41) is 2.72. The lowest BCUT2D eigenvalue weighted by atomic mass is 10.2. The number of ether oxygens (including phenoxy) is 1. The number of para-hydroxylation sites is 1. The van der Waals surface area contributed by atoms with Crippen molar-refractivity contribution < 1.29 is 17.9 Å². The third kappa shape index (κ3) is 4.89. The minimum absolute atomic E-state index is 0.0669. The van der Waals surface area contributed by atoms with Gasteiger partial charge in [0.1, 0.15) is 11.6 Å². The van der Waals surface area contributed by atoms with Crippen LogP contribution in [0.1, 0.15) is 36.0 Å². The third-order valence-corrected chi connectivity index (χ3v) is 5.76. The Hall–Kier alpha value is -2.87. The van der Waals surface area contributed by atoms with Crippen molar-refractivity contribution in [3.05, 3.63) is 54.1 Å². The van der Waals surface area contributed by atoms with Crippen LogP contribution in [0.15, 0.2) is 58.4 Å². The average Bonchev–Trinajstić information content (AvgIpc) is 2.96. The highest BCUT2D eigenvalue weighted by Crippen LogP contribution is 2.21. The Labute approximate surface area is 164 Å². The Morgan fingerprint density at radius 3 is 2.71 bits per heavy atom. The minimum Gasteiger partial charge on any atom is -0.496 e. The molecule has 3 rings (SSSR count). The first kappa shape index (κ1) is 19.9. The smallest absolute Gasteiger partial charge is 0.262 e. The normalized spacial score (nSPS) is 14.5. The van der Waals surface area contributed by atoms with Crippen molar-refractivity contribution in [1.82, 2.24) is 4.72 Å². The summed E-state index contributed by atoms with van der Waals surface area (Å²) in [4.78, 5) is 16.9. The zero-order valence-electron chi connectivity index (χ0n) is 15.6. The standard InChI is InChI=1S/C20H23N3O4S/c1-27-18-11-5-4-10-17(18)20(24)22-15-8-7-9-16(14-15)28(25,26)23-19-12-3-2-6-13-21-19/h4-5,7-11,14H,2-3,6,12-13H2,1H3,(H,21,23)(H,22,24). The van der Waals surface area contributed by atoms with E-state index in [0.29, 0.717) is 35.8 Å². The van der Waals surface area contributed by atoms with Crippen LogP contribution in [-0.4, -0.2) is 33.8 Å². The minimum atomic E-state index is -3.77. The summed E-state index contributed by atoms with van der Waals surface area (Å²) < 4.78 is 33.2. The van der Waals surface area contributed by atoms with Gasteiger partial charge in [-0.1, -0.05) is 24.6 Å². The predicted molar refractivity (Wildman–Crippen MR) is 108 cm³/mol. The van der Waals surface area contributed by atoms with Crippen LogP contribution in [0.5, 0.6) is 5.75 Å². The number of rotatable bonds is 5. The lowest BCUT2D eigenvalue weighted by Gasteiger charge is -2.12. The van der Waals surface area contributed by atoms with Crippen LogP contribution in [0.4, 0.5) is 5.69 Å². The molecule has 148 valence electrons. The van der Waals surface area contributed by atoms with E-state index in [4.69, 9.17) is 4.74 Å². The van der Waals surface area contributed by atoms with Crippen LogP contribution < -0.4 is 14.8 Å². The summed E-state index contributed by atoms with van der Waals surface area (Å²) in [6.07, 6.45) is 3.54. The molecule has 0 saturated carbocycles. The number of carbonyl (C=O) groups is 1. The molecule has 1 aliphatic rings. The second-order valence-electron chi connectivity index (χ2n) is 6.43. The Balaban J connectivity index is 1.78. The monoisotopic (exact) mass is 401 g/mol. The summed E-state index contributed by atoms with van der Waals surface area (Å²) in [5.74, 6) is 0.547. The molecule has 0 unspecified atom stereocenters. The lowest BCUT2D eigenvalue weighted by molar-refractivity contribution is 0.102. The Morgan fingerprint density at radius 2 is 1.89 bits per heavy atom. The van der Waals surface area contributed by atoms with Crippen molar-refractivity contribution >= 4 is 27.5 Å². The van der Waals surface area contributed by atoms with E-state index in [0.717, 1.165) is 19.3 Å². The Morgan fingerprint density at radius 1 is 1.07 bits per heavy atom. The summed E-state index contributed by atoms with van der Waals surface area (Å²) in [6.45, 7) is 0.632. The van der Waals surface area contributed by atoms with Gasteiger partial charge in [0.15, 0.2) is 0 Å². The fraction of sp³-hybridized carbons (Fsp3) is 0.300. The van der Waals surface area contributed by atoms with Gasteiger partial charge in [-0.3, -0.25) is 14.5 Å². The van der Waals surface area contributed by atoms with Gasteiger partial charge in [0, 0.05) is 18.7 Å². The van der Waals surface area contributed by atoms with Crippen LogP contribution in [0.25, 0.3) is 0 Å². The maximum absolute atomic E-state index is 12.7. The molecular weight excluding hydrogens is 378 g/mol. The molecule has 0 radical (unpaired) electrons. The summed E-state index contributed by atoms with van der Waals surface area (Å²) in [7, 11) is -2.28.